The topological polar surface area (TPSA) is 72.6 Å². The number of hydrogen-bond donors (Lipinski definition) is 1. The molecule has 0 bridgehead atoms. The van der Waals surface area contributed by atoms with Crippen molar-refractivity contribution in [2.45, 2.75) is 19.6 Å². The predicted octanol–water partition coefficient (Wildman–Crippen LogP) is 2.39. The number of furan rings is 1. The van der Waals surface area contributed by atoms with Crippen LogP contribution in [0.5, 0.6) is 0 Å². The molecule has 1 atom stereocenters. The molecule has 90 valence electrons. The van der Waals surface area contributed by atoms with E-state index >= 15 is 0 Å². The van der Waals surface area contributed by atoms with Crippen LogP contribution >= 0.6 is 11.3 Å². The van der Waals surface area contributed by atoms with Crippen LogP contribution in [0, 0.1) is 0 Å². The van der Waals surface area contributed by atoms with Crippen molar-refractivity contribution in [1.82, 2.24) is 4.98 Å². The summed E-state index contributed by atoms with van der Waals surface area (Å²) in [6.45, 7) is 1.67. The zero-order valence-electron chi connectivity index (χ0n) is 9.12. The highest BCUT2D eigenvalue weighted by atomic mass is 32.1. The van der Waals surface area contributed by atoms with Crippen molar-refractivity contribution in [1.29, 1.82) is 0 Å². The van der Waals surface area contributed by atoms with Crippen molar-refractivity contribution in [2.75, 3.05) is 0 Å². The van der Waals surface area contributed by atoms with Gasteiger partial charge in [0.2, 0.25) is 0 Å². The molecule has 0 fully saturated rings. The van der Waals surface area contributed by atoms with Crippen LogP contribution in [-0.4, -0.2) is 22.2 Å². The van der Waals surface area contributed by atoms with Crippen LogP contribution in [0.15, 0.2) is 28.2 Å². The molecule has 0 amide bonds. The second kappa shape index (κ2) is 5.11. The van der Waals surface area contributed by atoms with E-state index in [-0.39, 0.29) is 6.61 Å². The van der Waals surface area contributed by atoms with Crippen molar-refractivity contribution >= 4 is 17.3 Å². The van der Waals surface area contributed by atoms with Gasteiger partial charge in [0.15, 0.2) is 16.9 Å². The lowest BCUT2D eigenvalue weighted by Gasteiger charge is -2.05. The maximum absolute atomic E-state index is 10.6. The average Bonchev–Trinajstić information content (AvgIpc) is 2.95. The molecule has 2 aromatic heterocycles. The van der Waals surface area contributed by atoms with Gasteiger partial charge in [0, 0.05) is 5.38 Å². The Bertz CT molecular complexity index is 491. The molecule has 0 aliphatic rings. The smallest absolute Gasteiger partial charge is 0.332 e. The maximum Gasteiger partial charge on any atom is 0.332 e. The molecule has 5 nitrogen and oxygen atoms in total. The van der Waals surface area contributed by atoms with Gasteiger partial charge in [0.1, 0.15) is 0 Å². The van der Waals surface area contributed by atoms with Gasteiger partial charge in [-0.1, -0.05) is 0 Å². The number of ether oxygens (including phenoxy) is 1. The molecular formula is C11H11NO4S. The summed E-state index contributed by atoms with van der Waals surface area (Å²) in [5.74, 6) is -0.279. The van der Waals surface area contributed by atoms with Gasteiger partial charge in [0.25, 0.3) is 0 Å². The van der Waals surface area contributed by atoms with Crippen molar-refractivity contribution in [3.8, 4) is 10.8 Å². The summed E-state index contributed by atoms with van der Waals surface area (Å²) < 4.78 is 10.3. The normalized spacial score (nSPS) is 12.5. The van der Waals surface area contributed by atoms with Crippen molar-refractivity contribution in [3.63, 3.8) is 0 Å². The molecule has 0 radical (unpaired) electrons. The third-order valence-electron chi connectivity index (χ3n) is 2.11. The highest BCUT2D eigenvalue weighted by molar-refractivity contribution is 7.13. The van der Waals surface area contributed by atoms with Crippen LogP contribution in [0.2, 0.25) is 0 Å². The van der Waals surface area contributed by atoms with Gasteiger partial charge in [-0.2, -0.15) is 0 Å². The van der Waals surface area contributed by atoms with E-state index in [0.717, 1.165) is 5.01 Å². The molecule has 0 spiro atoms. The number of rotatable bonds is 5. The standard InChI is InChI=1S/C11H11NO4S/c1-7(11(13)14)16-5-8-6-17-10(12-8)9-3-2-4-15-9/h2-4,6-7H,5H2,1H3,(H,13,14)/t7-/m0/s1. The van der Waals surface area contributed by atoms with E-state index < -0.39 is 12.1 Å². The molecule has 17 heavy (non-hydrogen) atoms. The van der Waals surface area contributed by atoms with E-state index in [0.29, 0.717) is 11.5 Å². The Balaban J connectivity index is 1.97. The first kappa shape index (κ1) is 11.8. The van der Waals surface area contributed by atoms with Crippen LogP contribution in [-0.2, 0) is 16.1 Å². The summed E-state index contributed by atoms with van der Waals surface area (Å²) in [6.07, 6.45) is 0.753. The van der Waals surface area contributed by atoms with Crippen molar-refractivity contribution in [2.24, 2.45) is 0 Å². The molecule has 1 N–H and O–H groups in total. The Kier molecular flexibility index (Phi) is 3.55. The first-order valence-corrected chi connectivity index (χ1v) is 5.87. The maximum atomic E-state index is 10.6. The first-order chi connectivity index (χ1) is 8.16. The number of aliphatic carboxylic acids is 1. The average molecular weight is 253 g/mol. The summed E-state index contributed by atoms with van der Waals surface area (Å²) in [4.78, 5) is 14.8. The van der Waals surface area contributed by atoms with Gasteiger partial charge >= 0.3 is 5.97 Å². The molecule has 2 aromatic rings. The summed E-state index contributed by atoms with van der Waals surface area (Å²) in [6, 6.07) is 3.61. The highest BCUT2D eigenvalue weighted by Crippen LogP contribution is 2.24. The van der Waals surface area contributed by atoms with Crippen LogP contribution in [0.25, 0.3) is 10.8 Å². The van der Waals surface area contributed by atoms with E-state index in [1.165, 1.54) is 18.3 Å². The van der Waals surface area contributed by atoms with Crippen LogP contribution in [0.1, 0.15) is 12.6 Å². The van der Waals surface area contributed by atoms with Gasteiger partial charge in [0.05, 0.1) is 18.6 Å². The third kappa shape index (κ3) is 2.92. The van der Waals surface area contributed by atoms with Gasteiger partial charge in [-0.3, -0.25) is 0 Å². The second-order valence-electron chi connectivity index (χ2n) is 3.41. The fraction of sp³-hybridized carbons (Fsp3) is 0.273. The number of carboxylic acid groups (broad SMARTS) is 1. The van der Waals surface area contributed by atoms with E-state index in [1.807, 2.05) is 11.4 Å². The number of thiazole rings is 1. The Labute approximate surface area is 102 Å². The number of aromatic nitrogens is 1. The van der Waals surface area contributed by atoms with E-state index in [4.69, 9.17) is 14.3 Å². The first-order valence-electron chi connectivity index (χ1n) is 4.99. The van der Waals surface area contributed by atoms with Gasteiger partial charge in [-0.15, -0.1) is 11.3 Å². The van der Waals surface area contributed by atoms with Crippen molar-refractivity contribution in [3.05, 3.63) is 29.5 Å². The third-order valence-corrected chi connectivity index (χ3v) is 3.02. The Morgan fingerprint density at radius 2 is 2.53 bits per heavy atom. The zero-order chi connectivity index (χ0) is 12.3. The fourth-order valence-electron chi connectivity index (χ4n) is 1.17. The molecule has 0 unspecified atom stereocenters. The molecule has 0 saturated carbocycles. The van der Waals surface area contributed by atoms with Gasteiger partial charge in [-0.25, -0.2) is 9.78 Å². The highest BCUT2D eigenvalue weighted by Gasteiger charge is 2.13. The lowest BCUT2D eigenvalue weighted by atomic mass is 10.4. The fourth-order valence-corrected chi connectivity index (χ4v) is 1.94. The van der Waals surface area contributed by atoms with Crippen molar-refractivity contribution < 1.29 is 19.1 Å². The number of hydrogen-bond acceptors (Lipinski definition) is 5. The van der Waals surface area contributed by atoms with Crippen LogP contribution in [0.3, 0.4) is 0 Å². The molecular weight excluding hydrogens is 242 g/mol. The number of carbonyl (C=O) groups is 1. The van der Waals surface area contributed by atoms with E-state index in [9.17, 15) is 4.79 Å². The summed E-state index contributed by atoms with van der Waals surface area (Å²) >= 11 is 1.44. The quantitative estimate of drug-likeness (QED) is 0.885. The SMILES string of the molecule is C[C@H](OCc1csc(-c2ccco2)n1)C(=O)O. The minimum atomic E-state index is -0.980. The molecule has 0 aliphatic heterocycles. The summed E-state index contributed by atoms with van der Waals surface area (Å²) in [7, 11) is 0. The summed E-state index contributed by atoms with van der Waals surface area (Å²) in [5.41, 5.74) is 0.703. The Hall–Kier alpha value is -1.66. The summed E-state index contributed by atoms with van der Waals surface area (Å²) in [5, 5.41) is 11.2. The predicted molar refractivity (Wildman–Crippen MR) is 61.7 cm³/mol. The molecule has 0 aromatic carbocycles. The van der Waals surface area contributed by atoms with Gasteiger partial charge in [-0.05, 0) is 19.1 Å². The minimum absolute atomic E-state index is 0.185. The van der Waals surface area contributed by atoms with Gasteiger partial charge < -0.3 is 14.3 Å². The molecule has 0 aliphatic carbocycles. The number of carboxylic acids is 1. The minimum Gasteiger partial charge on any atom is -0.479 e. The lowest BCUT2D eigenvalue weighted by Crippen LogP contribution is -2.19. The lowest BCUT2D eigenvalue weighted by molar-refractivity contribution is -0.149. The zero-order valence-corrected chi connectivity index (χ0v) is 9.94. The number of nitrogens with zero attached hydrogens (tertiary/aromatic N) is 1. The molecule has 6 heteroatoms. The Morgan fingerprint density at radius 1 is 1.71 bits per heavy atom. The van der Waals surface area contributed by atoms with E-state index in [2.05, 4.69) is 4.98 Å². The van der Waals surface area contributed by atoms with Crippen LogP contribution in [0.4, 0.5) is 0 Å². The molecule has 2 rings (SSSR count). The Morgan fingerprint density at radius 3 is 3.18 bits per heavy atom. The monoisotopic (exact) mass is 253 g/mol. The van der Waals surface area contributed by atoms with E-state index in [1.54, 1.807) is 12.3 Å². The second-order valence-corrected chi connectivity index (χ2v) is 4.27. The molecule has 0 saturated heterocycles. The largest absolute Gasteiger partial charge is 0.479 e. The molecule has 2 heterocycles. The van der Waals surface area contributed by atoms with Crippen LogP contribution < -0.4 is 0 Å².